The third-order valence-electron chi connectivity index (χ3n) is 3.41. The molecule has 1 aromatic carbocycles. The second-order valence-electron chi connectivity index (χ2n) is 6.04. The van der Waals surface area contributed by atoms with Gasteiger partial charge in [-0.05, 0) is 35.8 Å². The van der Waals surface area contributed by atoms with E-state index in [0.29, 0.717) is 0 Å². The maximum Gasteiger partial charge on any atom is 0.332 e. The second-order valence-corrected chi connectivity index (χ2v) is 7.94. The molecule has 2 rings (SSSR count). The monoisotopic (exact) mass is 357 g/mol. The van der Waals surface area contributed by atoms with Gasteiger partial charge in [0.25, 0.3) is 0 Å². The molecule has 0 bridgehead atoms. The molecule has 0 saturated carbocycles. The molecule has 110 valence electrons. The fourth-order valence-corrected chi connectivity index (χ4v) is 4.52. The largest absolute Gasteiger partial charge is 0.467 e. The Balaban J connectivity index is 2.30. The molecule has 1 aliphatic heterocycles. The van der Waals surface area contributed by atoms with Gasteiger partial charge in [0.05, 0.1) is 7.11 Å². The van der Waals surface area contributed by atoms with Crippen LogP contribution in [0, 0.1) is 5.41 Å². The van der Waals surface area contributed by atoms with Crippen LogP contribution < -0.4 is 5.32 Å². The van der Waals surface area contributed by atoms with E-state index in [1.54, 1.807) is 11.8 Å². The smallest absolute Gasteiger partial charge is 0.332 e. The minimum absolute atomic E-state index is 0.107. The highest BCUT2D eigenvalue weighted by Gasteiger charge is 2.47. The second kappa shape index (κ2) is 5.98. The van der Waals surface area contributed by atoms with Crippen molar-refractivity contribution >= 4 is 39.3 Å². The van der Waals surface area contributed by atoms with Crippen molar-refractivity contribution in [2.45, 2.75) is 25.8 Å². The maximum absolute atomic E-state index is 12.4. The Kier molecular flexibility index (Phi) is 4.69. The van der Waals surface area contributed by atoms with E-state index in [1.807, 2.05) is 24.3 Å². The number of ether oxygens (including phenoxy) is 1. The first-order valence-corrected chi connectivity index (χ1v) is 8.52. The average Bonchev–Trinajstić information content (AvgIpc) is 2.36. The topological polar surface area (TPSA) is 38.3 Å². The van der Waals surface area contributed by atoms with Gasteiger partial charge in [-0.3, -0.25) is 0 Å². The number of rotatable bonds is 3. The normalized spacial score (nSPS) is 25.0. The van der Waals surface area contributed by atoms with E-state index >= 15 is 0 Å². The molecule has 5 heteroatoms. The number of hydrogen-bond donors (Lipinski definition) is 1. The molecule has 0 radical (unpaired) electrons. The highest BCUT2D eigenvalue weighted by atomic mass is 79.9. The van der Waals surface area contributed by atoms with Crippen LogP contribution in [0.1, 0.15) is 20.3 Å². The van der Waals surface area contributed by atoms with E-state index in [9.17, 15) is 4.79 Å². The first-order valence-electron chi connectivity index (χ1n) is 6.57. The molecule has 1 heterocycles. The third-order valence-corrected chi connectivity index (χ3v) is 5.58. The zero-order valence-electron chi connectivity index (χ0n) is 12.0. The predicted octanol–water partition coefficient (Wildman–Crippen LogP) is 3.94. The van der Waals surface area contributed by atoms with Crippen molar-refractivity contribution in [2.75, 3.05) is 23.9 Å². The summed E-state index contributed by atoms with van der Waals surface area (Å²) in [5.41, 5.74) is 0.390. The first kappa shape index (κ1) is 15.7. The molecule has 1 aliphatic rings. The Hall–Kier alpha value is -0.680. The van der Waals surface area contributed by atoms with Crippen LogP contribution in [0.5, 0.6) is 0 Å². The van der Waals surface area contributed by atoms with Gasteiger partial charge in [0.1, 0.15) is 5.54 Å². The molecule has 3 nitrogen and oxygen atoms in total. The van der Waals surface area contributed by atoms with Crippen LogP contribution in [0.15, 0.2) is 28.7 Å². The van der Waals surface area contributed by atoms with Crippen molar-refractivity contribution < 1.29 is 9.53 Å². The van der Waals surface area contributed by atoms with E-state index in [4.69, 9.17) is 4.74 Å². The molecule has 1 saturated heterocycles. The molecule has 0 aromatic heterocycles. The van der Waals surface area contributed by atoms with Crippen molar-refractivity contribution in [1.29, 1.82) is 0 Å². The average molecular weight is 358 g/mol. The van der Waals surface area contributed by atoms with Crippen molar-refractivity contribution in [3.63, 3.8) is 0 Å². The molecule has 0 spiro atoms. The lowest BCUT2D eigenvalue weighted by Crippen LogP contribution is -2.55. The van der Waals surface area contributed by atoms with Gasteiger partial charge in [-0.15, -0.1) is 0 Å². The van der Waals surface area contributed by atoms with Crippen molar-refractivity contribution in [3.8, 4) is 0 Å². The van der Waals surface area contributed by atoms with Crippen LogP contribution in [0.3, 0.4) is 0 Å². The fourth-order valence-electron chi connectivity index (χ4n) is 2.72. The number of carbonyl (C=O) groups excluding carboxylic acids is 1. The Morgan fingerprint density at radius 1 is 1.40 bits per heavy atom. The summed E-state index contributed by atoms with van der Waals surface area (Å²) in [5.74, 6) is 1.61. The van der Waals surface area contributed by atoms with E-state index in [0.717, 1.165) is 28.1 Å². The van der Waals surface area contributed by atoms with Gasteiger partial charge in [0.15, 0.2) is 0 Å². The number of hydrogen-bond acceptors (Lipinski definition) is 4. The van der Waals surface area contributed by atoms with Crippen molar-refractivity contribution in [3.05, 3.63) is 28.7 Å². The van der Waals surface area contributed by atoms with Gasteiger partial charge in [-0.1, -0.05) is 35.8 Å². The van der Waals surface area contributed by atoms with Crippen LogP contribution in [-0.2, 0) is 9.53 Å². The molecule has 1 atom stereocenters. The van der Waals surface area contributed by atoms with Gasteiger partial charge < -0.3 is 10.1 Å². The van der Waals surface area contributed by atoms with Crippen LogP contribution >= 0.6 is 27.7 Å². The minimum Gasteiger partial charge on any atom is -0.467 e. The lowest BCUT2D eigenvalue weighted by atomic mass is 9.79. The van der Waals surface area contributed by atoms with Crippen LogP contribution in [-0.4, -0.2) is 30.1 Å². The lowest BCUT2D eigenvalue weighted by molar-refractivity contribution is -0.146. The Bertz CT molecular complexity index is 506. The minimum atomic E-state index is -0.651. The number of anilines is 1. The molecule has 20 heavy (non-hydrogen) atoms. The maximum atomic E-state index is 12.4. The standard InChI is InChI=1S/C15H20BrNO2S/c1-14(2)8-15(10-20-9-14,13(18)19-3)17-12-6-4-5-11(16)7-12/h4-7,17H,8-10H2,1-3H3. The Labute approximate surface area is 133 Å². The molecule has 1 N–H and O–H groups in total. The van der Waals surface area contributed by atoms with E-state index in [-0.39, 0.29) is 11.4 Å². The van der Waals surface area contributed by atoms with Crippen molar-refractivity contribution in [2.24, 2.45) is 5.41 Å². The number of thioether (sulfide) groups is 1. The number of methoxy groups -OCH3 is 1. The number of nitrogens with one attached hydrogen (secondary N) is 1. The molecule has 0 amide bonds. The third kappa shape index (κ3) is 3.50. The summed E-state index contributed by atoms with van der Waals surface area (Å²) in [6, 6.07) is 7.88. The van der Waals surface area contributed by atoms with Gasteiger partial charge >= 0.3 is 5.97 Å². The van der Waals surface area contributed by atoms with Crippen LogP contribution in [0.4, 0.5) is 5.69 Å². The summed E-state index contributed by atoms with van der Waals surface area (Å²) < 4.78 is 6.05. The first-order chi connectivity index (χ1) is 9.37. The Morgan fingerprint density at radius 3 is 2.75 bits per heavy atom. The molecular weight excluding hydrogens is 338 g/mol. The summed E-state index contributed by atoms with van der Waals surface area (Å²) in [6.45, 7) is 4.39. The summed E-state index contributed by atoms with van der Waals surface area (Å²) in [4.78, 5) is 12.4. The molecular formula is C15H20BrNO2S. The summed E-state index contributed by atoms with van der Waals surface area (Å²) in [5, 5.41) is 3.42. The highest BCUT2D eigenvalue weighted by Crippen LogP contribution is 2.41. The SMILES string of the molecule is COC(=O)C1(Nc2cccc(Br)c2)CSCC(C)(C)C1. The highest BCUT2D eigenvalue weighted by molar-refractivity contribution is 9.10. The lowest BCUT2D eigenvalue weighted by Gasteiger charge is -2.43. The zero-order chi connectivity index (χ0) is 14.8. The van der Waals surface area contributed by atoms with E-state index in [2.05, 4.69) is 35.1 Å². The van der Waals surface area contributed by atoms with Crippen molar-refractivity contribution in [1.82, 2.24) is 0 Å². The molecule has 1 fully saturated rings. The quantitative estimate of drug-likeness (QED) is 0.831. The zero-order valence-corrected chi connectivity index (χ0v) is 14.4. The van der Waals surface area contributed by atoms with Gasteiger partial charge in [0.2, 0.25) is 0 Å². The van der Waals surface area contributed by atoms with E-state index < -0.39 is 5.54 Å². The van der Waals surface area contributed by atoms with Crippen LogP contribution in [0.25, 0.3) is 0 Å². The number of halogens is 1. The summed E-state index contributed by atoms with van der Waals surface area (Å²) in [7, 11) is 1.46. The number of esters is 1. The predicted molar refractivity (Wildman–Crippen MR) is 88.2 cm³/mol. The molecule has 0 aliphatic carbocycles. The summed E-state index contributed by atoms with van der Waals surface area (Å²) in [6.07, 6.45) is 0.770. The van der Waals surface area contributed by atoms with Crippen LogP contribution in [0.2, 0.25) is 0 Å². The summed E-state index contributed by atoms with van der Waals surface area (Å²) >= 11 is 5.26. The Morgan fingerprint density at radius 2 is 2.15 bits per heavy atom. The van der Waals surface area contributed by atoms with Gasteiger partial charge in [0, 0.05) is 15.9 Å². The molecule has 1 aromatic rings. The molecule has 1 unspecified atom stereocenters. The van der Waals surface area contributed by atoms with Gasteiger partial charge in [-0.25, -0.2) is 4.79 Å². The number of benzene rings is 1. The fraction of sp³-hybridized carbons (Fsp3) is 0.533. The van der Waals surface area contributed by atoms with Gasteiger partial charge in [-0.2, -0.15) is 11.8 Å². The number of carbonyl (C=O) groups is 1. The van der Waals surface area contributed by atoms with E-state index in [1.165, 1.54) is 7.11 Å².